The molecule has 0 aliphatic heterocycles. The zero-order valence-electron chi connectivity index (χ0n) is 10.6. The highest BCUT2D eigenvalue weighted by Gasteiger charge is 2.27. The SMILES string of the molecule is CCC(C)OC(=O)c1cc(F)c(Cl)c(S(N)(=O)=O)c1Cl. The summed E-state index contributed by atoms with van der Waals surface area (Å²) in [5, 5.41) is 3.58. The Hall–Kier alpha value is -0.890. The third-order valence-electron chi connectivity index (χ3n) is 2.50. The highest BCUT2D eigenvalue weighted by Crippen LogP contribution is 2.34. The van der Waals surface area contributed by atoms with Crippen LogP contribution in [0.25, 0.3) is 0 Å². The summed E-state index contributed by atoms with van der Waals surface area (Å²) >= 11 is 11.3. The van der Waals surface area contributed by atoms with Crippen molar-refractivity contribution in [3.8, 4) is 0 Å². The maximum atomic E-state index is 13.6. The molecule has 2 N–H and O–H groups in total. The van der Waals surface area contributed by atoms with Crippen molar-refractivity contribution in [1.82, 2.24) is 0 Å². The second-order valence-corrected chi connectivity index (χ2v) is 6.29. The second-order valence-electron chi connectivity index (χ2n) is 4.03. The van der Waals surface area contributed by atoms with Crippen LogP contribution in [0.15, 0.2) is 11.0 Å². The molecule has 0 heterocycles. The average Bonchev–Trinajstić information content (AvgIpc) is 2.31. The fraction of sp³-hybridized carbons (Fsp3) is 0.364. The van der Waals surface area contributed by atoms with E-state index in [4.69, 9.17) is 33.1 Å². The molecule has 0 saturated carbocycles. The number of carbonyl (C=O) groups excluding carboxylic acids is 1. The Morgan fingerprint density at radius 2 is 2.00 bits per heavy atom. The van der Waals surface area contributed by atoms with Gasteiger partial charge in [0.1, 0.15) is 10.7 Å². The molecule has 0 bridgehead atoms. The predicted octanol–water partition coefficient (Wildman–Crippen LogP) is 2.74. The highest BCUT2D eigenvalue weighted by atomic mass is 35.5. The first-order chi connectivity index (χ1) is 9.09. The number of sulfonamides is 1. The van der Waals surface area contributed by atoms with E-state index >= 15 is 0 Å². The molecule has 112 valence electrons. The first-order valence-electron chi connectivity index (χ1n) is 5.50. The maximum Gasteiger partial charge on any atom is 0.340 e. The Morgan fingerprint density at radius 3 is 2.45 bits per heavy atom. The van der Waals surface area contributed by atoms with Crippen LogP contribution in [0.4, 0.5) is 4.39 Å². The van der Waals surface area contributed by atoms with Gasteiger partial charge in [-0.2, -0.15) is 0 Å². The Bertz CT molecular complexity index is 648. The third kappa shape index (κ3) is 3.60. The lowest BCUT2D eigenvalue weighted by Crippen LogP contribution is -2.18. The summed E-state index contributed by atoms with van der Waals surface area (Å²) in [4.78, 5) is 11.0. The molecule has 0 saturated heterocycles. The Balaban J connectivity index is 3.44. The Kier molecular flexibility index (Phi) is 5.37. The standard InChI is InChI=1S/C11H12Cl2FNO4S/c1-3-5(2)19-11(16)6-4-7(14)9(13)10(8(6)12)20(15,17)18/h4-5H,3H2,1-2H3,(H2,15,17,18). The zero-order valence-corrected chi connectivity index (χ0v) is 12.9. The second kappa shape index (κ2) is 6.26. The van der Waals surface area contributed by atoms with E-state index in [1.54, 1.807) is 13.8 Å². The summed E-state index contributed by atoms with van der Waals surface area (Å²) in [6.45, 7) is 3.40. The Labute approximate surface area is 125 Å². The molecular formula is C11H12Cl2FNO4S. The van der Waals surface area contributed by atoms with Crippen LogP contribution in [0, 0.1) is 5.82 Å². The molecule has 1 atom stereocenters. The monoisotopic (exact) mass is 343 g/mol. The van der Waals surface area contributed by atoms with E-state index in [9.17, 15) is 17.6 Å². The van der Waals surface area contributed by atoms with Crippen molar-refractivity contribution in [2.45, 2.75) is 31.3 Å². The van der Waals surface area contributed by atoms with Crippen LogP contribution in [0.1, 0.15) is 30.6 Å². The third-order valence-corrected chi connectivity index (χ3v) is 4.47. The lowest BCUT2D eigenvalue weighted by molar-refractivity contribution is 0.0334. The number of hydrogen-bond acceptors (Lipinski definition) is 4. The van der Waals surface area contributed by atoms with Crippen LogP contribution in [-0.4, -0.2) is 20.5 Å². The van der Waals surface area contributed by atoms with Gasteiger partial charge in [-0.05, 0) is 19.4 Å². The average molecular weight is 344 g/mol. The quantitative estimate of drug-likeness (QED) is 0.672. The maximum absolute atomic E-state index is 13.6. The van der Waals surface area contributed by atoms with Crippen LogP contribution < -0.4 is 5.14 Å². The smallest absolute Gasteiger partial charge is 0.340 e. The number of rotatable bonds is 4. The summed E-state index contributed by atoms with van der Waals surface area (Å²) in [5.41, 5.74) is -0.446. The van der Waals surface area contributed by atoms with Gasteiger partial charge < -0.3 is 4.74 Å². The topological polar surface area (TPSA) is 86.5 Å². The van der Waals surface area contributed by atoms with Gasteiger partial charge in [0.05, 0.1) is 21.7 Å². The van der Waals surface area contributed by atoms with E-state index in [2.05, 4.69) is 0 Å². The first-order valence-corrected chi connectivity index (χ1v) is 7.81. The van der Waals surface area contributed by atoms with Crippen molar-refractivity contribution in [3.63, 3.8) is 0 Å². The molecule has 0 aromatic heterocycles. The van der Waals surface area contributed by atoms with Gasteiger partial charge in [-0.15, -0.1) is 0 Å². The van der Waals surface area contributed by atoms with E-state index in [-0.39, 0.29) is 0 Å². The number of carbonyl (C=O) groups is 1. The summed E-state index contributed by atoms with van der Waals surface area (Å²) in [7, 11) is -4.39. The van der Waals surface area contributed by atoms with Gasteiger partial charge in [-0.3, -0.25) is 0 Å². The van der Waals surface area contributed by atoms with E-state index in [1.807, 2.05) is 0 Å². The fourth-order valence-electron chi connectivity index (χ4n) is 1.31. The van der Waals surface area contributed by atoms with Crippen molar-refractivity contribution in [2.24, 2.45) is 5.14 Å². The lowest BCUT2D eigenvalue weighted by atomic mass is 10.2. The lowest BCUT2D eigenvalue weighted by Gasteiger charge is -2.14. The molecule has 20 heavy (non-hydrogen) atoms. The van der Waals surface area contributed by atoms with Crippen LogP contribution >= 0.6 is 23.2 Å². The number of esters is 1. The number of primary sulfonamides is 1. The van der Waals surface area contributed by atoms with Gasteiger partial charge in [0.25, 0.3) is 0 Å². The van der Waals surface area contributed by atoms with Crippen molar-refractivity contribution in [3.05, 3.63) is 27.5 Å². The largest absolute Gasteiger partial charge is 0.459 e. The summed E-state index contributed by atoms with van der Waals surface area (Å²) in [6.07, 6.45) is 0.0943. The summed E-state index contributed by atoms with van der Waals surface area (Å²) in [5.74, 6) is -2.08. The number of benzene rings is 1. The van der Waals surface area contributed by atoms with Crippen molar-refractivity contribution < 1.29 is 22.3 Å². The number of halogens is 3. The molecule has 9 heteroatoms. The Morgan fingerprint density at radius 1 is 1.45 bits per heavy atom. The normalized spacial score (nSPS) is 13.1. The van der Waals surface area contributed by atoms with Gasteiger partial charge in [0.15, 0.2) is 0 Å². The fourth-order valence-corrected chi connectivity index (χ4v) is 3.08. The molecule has 0 radical (unpaired) electrons. The first kappa shape index (κ1) is 17.2. The number of hydrogen-bond donors (Lipinski definition) is 1. The van der Waals surface area contributed by atoms with E-state index < -0.39 is 48.4 Å². The molecule has 0 spiro atoms. The molecule has 5 nitrogen and oxygen atoms in total. The van der Waals surface area contributed by atoms with E-state index in [0.29, 0.717) is 12.5 Å². The number of ether oxygens (including phenoxy) is 1. The van der Waals surface area contributed by atoms with Gasteiger partial charge in [-0.1, -0.05) is 30.1 Å². The van der Waals surface area contributed by atoms with Gasteiger partial charge in [0.2, 0.25) is 10.0 Å². The molecular weight excluding hydrogens is 332 g/mol. The van der Waals surface area contributed by atoms with Crippen LogP contribution in [0.3, 0.4) is 0 Å². The minimum absolute atomic E-state index is 0.435. The molecule has 0 aliphatic rings. The number of nitrogens with two attached hydrogens (primary N) is 1. The van der Waals surface area contributed by atoms with Crippen LogP contribution in [0.5, 0.6) is 0 Å². The van der Waals surface area contributed by atoms with E-state index in [1.165, 1.54) is 0 Å². The van der Waals surface area contributed by atoms with Crippen LogP contribution in [-0.2, 0) is 14.8 Å². The molecule has 1 unspecified atom stereocenters. The zero-order chi connectivity index (χ0) is 15.7. The van der Waals surface area contributed by atoms with Gasteiger partial charge in [-0.25, -0.2) is 22.7 Å². The van der Waals surface area contributed by atoms with Crippen molar-refractivity contribution in [2.75, 3.05) is 0 Å². The molecule has 0 amide bonds. The molecule has 1 rings (SSSR count). The summed E-state index contributed by atoms with van der Waals surface area (Å²) in [6, 6.07) is 0.712. The minimum Gasteiger partial charge on any atom is -0.459 e. The van der Waals surface area contributed by atoms with Crippen molar-refractivity contribution in [1.29, 1.82) is 0 Å². The van der Waals surface area contributed by atoms with Crippen LogP contribution in [0.2, 0.25) is 10.0 Å². The minimum atomic E-state index is -4.39. The molecule has 0 fully saturated rings. The predicted molar refractivity (Wildman–Crippen MR) is 73.0 cm³/mol. The van der Waals surface area contributed by atoms with Gasteiger partial charge >= 0.3 is 5.97 Å². The molecule has 1 aromatic rings. The van der Waals surface area contributed by atoms with E-state index in [0.717, 1.165) is 0 Å². The molecule has 0 aliphatic carbocycles. The summed E-state index contributed by atoms with van der Waals surface area (Å²) < 4.78 is 41.3. The van der Waals surface area contributed by atoms with Gasteiger partial charge in [0, 0.05) is 0 Å². The molecule has 1 aromatic carbocycles. The highest BCUT2D eigenvalue weighted by molar-refractivity contribution is 7.89. The van der Waals surface area contributed by atoms with Crippen molar-refractivity contribution >= 4 is 39.2 Å².